The average molecular weight is 255 g/mol. The van der Waals surface area contributed by atoms with Gasteiger partial charge in [-0.15, -0.1) is 0 Å². The largest absolute Gasteiger partial charge is 0.288 e. The Kier molecular flexibility index (Phi) is 2.44. The molecule has 0 spiro atoms. The van der Waals surface area contributed by atoms with Gasteiger partial charge in [0, 0.05) is 18.0 Å². The molecule has 0 bridgehead atoms. The zero-order valence-electron chi connectivity index (χ0n) is 13.1. The first kappa shape index (κ1) is 12.5. The summed E-state index contributed by atoms with van der Waals surface area (Å²) in [6, 6.07) is 0. The zero-order valence-corrected chi connectivity index (χ0v) is 13.1. The number of benzene rings is 1. The summed E-state index contributed by atoms with van der Waals surface area (Å²) in [5.41, 5.74) is 11.5. The lowest BCUT2D eigenvalue weighted by Crippen LogP contribution is -2.26. The second-order valence-corrected chi connectivity index (χ2v) is 6.04. The smallest absolute Gasteiger partial charge is 0.222 e. The monoisotopic (exact) mass is 255 g/mol. The van der Waals surface area contributed by atoms with Crippen molar-refractivity contribution in [3.63, 3.8) is 0 Å². The van der Waals surface area contributed by atoms with Crippen LogP contribution in [0.1, 0.15) is 40.4 Å². The molecule has 1 aliphatic rings. The molecule has 0 atom stereocenters. The Balaban J connectivity index is 2.66. The van der Waals surface area contributed by atoms with Crippen LogP contribution in [-0.4, -0.2) is 21.9 Å². The summed E-state index contributed by atoms with van der Waals surface area (Å²) in [5.74, 6) is 0. The first-order valence-electron chi connectivity index (χ1n) is 7.00. The van der Waals surface area contributed by atoms with E-state index in [4.69, 9.17) is 0 Å². The molecular formula is C17H23N2+. The predicted octanol–water partition coefficient (Wildman–Crippen LogP) is 3.61. The van der Waals surface area contributed by atoms with Crippen molar-refractivity contribution in [2.45, 2.75) is 48.2 Å². The molecule has 0 radical (unpaired) electrons. The van der Waals surface area contributed by atoms with E-state index in [2.05, 4.69) is 57.7 Å². The number of rotatable bonds is 0. The topological polar surface area (TPSA) is 7.94 Å². The van der Waals surface area contributed by atoms with Crippen molar-refractivity contribution in [3.05, 3.63) is 33.5 Å². The lowest BCUT2D eigenvalue weighted by molar-refractivity contribution is -0.531. The van der Waals surface area contributed by atoms with Crippen molar-refractivity contribution in [1.29, 1.82) is 0 Å². The van der Waals surface area contributed by atoms with Gasteiger partial charge in [0.15, 0.2) is 5.71 Å². The van der Waals surface area contributed by atoms with Gasteiger partial charge < -0.3 is 0 Å². The highest BCUT2D eigenvalue weighted by Crippen LogP contribution is 2.36. The van der Waals surface area contributed by atoms with Gasteiger partial charge in [-0.05, 0) is 56.9 Å². The van der Waals surface area contributed by atoms with E-state index >= 15 is 0 Å². The minimum atomic E-state index is 0.969. The summed E-state index contributed by atoms with van der Waals surface area (Å²) in [5, 5.41) is 1.48. The van der Waals surface area contributed by atoms with Gasteiger partial charge in [0.25, 0.3) is 0 Å². The minimum absolute atomic E-state index is 0.969. The van der Waals surface area contributed by atoms with Gasteiger partial charge in [-0.1, -0.05) is 0 Å². The molecule has 0 N–H and O–H groups in total. The Bertz CT molecular complexity index is 758. The molecule has 2 aromatic rings. The summed E-state index contributed by atoms with van der Waals surface area (Å²) >= 11 is 0. The van der Waals surface area contributed by atoms with Gasteiger partial charge in [0.05, 0.1) is 11.1 Å². The van der Waals surface area contributed by atoms with Crippen LogP contribution in [-0.2, 0) is 6.67 Å². The fourth-order valence-corrected chi connectivity index (χ4v) is 3.54. The van der Waals surface area contributed by atoms with E-state index in [1.807, 2.05) is 0 Å². The Morgan fingerprint density at radius 2 is 1.47 bits per heavy atom. The molecule has 0 saturated carbocycles. The SMILES string of the molecule is CC1=[N+](C)Cn2c(C)c(C)c3c(C)c(C)c(C)c1c32. The van der Waals surface area contributed by atoms with E-state index < -0.39 is 0 Å². The van der Waals surface area contributed by atoms with Crippen LogP contribution in [0.4, 0.5) is 0 Å². The number of hydrogen-bond acceptors (Lipinski definition) is 0. The number of aromatic nitrogens is 1. The molecular weight excluding hydrogens is 232 g/mol. The molecule has 19 heavy (non-hydrogen) atoms. The number of aryl methyl sites for hydroxylation is 2. The summed E-state index contributed by atoms with van der Waals surface area (Å²) in [6.07, 6.45) is 0. The average Bonchev–Trinajstić information content (AvgIpc) is 2.61. The molecule has 2 nitrogen and oxygen atoms in total. The van der Waals surface area contributed by atoms with Crippen molar-refractivity contribution in [3.8, 4) is 0 Å². The van der Waals surface area contributed by atoms with Gasteiger partial charge in [0.1, 0.15) is 7.05 Å². The highest BCUT2D eigenvalue weighted by molar-refractivity contribution is 6.10. The third-order valence-electron chi connectivity index (χ3n) is 5.23. The third-order valence-corrected chi connectivity index (χ3v) is 5.23. The van der Waals surface area contributed by atoms with Crippen LogP contribution in [0.15, 0.2) is 0 Å². The molecule has 0 unspecified atom stereocenters. The highest BCUT2D eigenvalue weighted by Gasteiger charge is 2.28. The third kappa shape index (κ3) is 1.35. The van der Waals surface area contributed by atoms with Gasteiger partial charge in [-0.3, -0.25) is 4.57 Å². The molecule has 3 rings (SSSR count). The van der Waals surface area contributed by atoms with E-state index in [1.165, 1.54) is 50.1 Å². The fourth-order valence-electron chi connectivity index (χ4n) is 3.54. The number of nitrogens with zero attached hydrogens (tertiary/aromatic N) is 2. The van der Waals surface area contributed by atoms with E-state index in [-0.39, 0.29) is 0 Å². The van der Waals surface area contributed by atoms with E-state index in [0.717, 1.165) is 6.67 Å². The van der Waals surface area contributed by atoms with E-state index in [1.54, 1.807) is 0 Å². The molecule has 100 valence electrons. The van der Waals surface area contributed by atoms with Crippen LogP contribution in [0.3, 0.4) is 0 Å². The van der Waals surface area contributed by atoms with Crippen LogP contribution in [0.2, 0.25) is 0 Å². The highest BCUT2D eigenvalue weighted by atomic mass is 15.2. The molecule has 1 aromatic heterocycles. The quantitative estimate of drug-likeness (QED) is 0.635. The maximum absolute atomic E-state index is 2.48. The Hall–Kier alpha value is -1.57. The van der Waals surface area contributed by atoms with Crippen LogP contribution in [0.5, 0.6) is 0 Å². The van der Waals surface area contributed by atoms with Gasteiger partial charge in [-0.2, -0.15) is 0 Å². The summed E-state index contributed by atoms with van der Waals surface area (Å²) < 4.78 is 4.84. The van der Waals surface area contributed by atoms with Gasteiger partial charge >= 0.3 is 0 Å². The fraction of sp³-hybridized carbons (Fsp3) is 0.471. The van der Waals surface area contributed by atoms with E-state index in [0.29, 0.717) is 0 Å². The van der Waals surface area contributed by atoms with E-state index in [9.17, 15) is 0 Å². The number of hydrogen-bond donors (Lipinski definition) is 0. The summed E-state index contributed by atoms with van der Waals surface area (Å²) in [4.78, 5) is 0. The van der Waals surface area contributed by atoms with Crippen molar-refractivity contribution in [2.75, 3.05) is 7.05 Å². The van der Waals surface area contributed by atoms with Crippen LogP contribution in [0, 0.1) is 34.6 Å². The van der Waals surface area contributed by atoms with Crippen molar-refractivity contribution < 1.29 is 4.58 Å². The lowest BCUT2D eigenvalue weighted by atomic mass is 9.91. The molecule has 2 heteroatoms. The predicted molar refractivity (Wildman–Crippen MR) is 81.6 cm³/mol. The van der Waals surface area contributed by atoms with Crippen LogP contribution >= 0.6 is 0 Å². The van der Waals surface area contributed by atoms with Crippen molar-refractivity contribution >= 4 is 16.6 Å². The molecule has 0 amide bonds. The Morgan fingerprint density at radius 3 is 2.11 bits per heavy atom. The second-order valence-electron chi connectivity index (χ2n) is 6.04. The zero-order chi connectivity index (χ0) is 14.1. The van der Waals surface area contributed by atoms with Crippen LogP contribution < -0.4 is 0 Å². The molecule has 0 saturated heterocycles. The summed E-state index contributed by atoms with van der Waals surface area (Å²) in [6.45, 7) is 14.5. The minimum Gasteiger partial charge on any atom is -0.288 e. The maximum atomic E-state index is 2.48. The molecule has 1 aromatic carbocycles. The van der Waals surface area contributed by atoms with Crippen molar-refractivity contribution in [1.82, 2.24) is 4.57 Å². The van der Waals surface area contributed by atoms with Gasteiger partial charge in [0.2, 0.25) is 6.67 Å². The maximum Gasteiger partial charge on any atom is 0.222 e. The Morgan fingerprint density at radius 1 is 0.842 bits per heavy atom. The van der Waals surface area contributed by atoms with Crippen molar-refractivity contribution in [2.24, 2.45) is 0 Å². The molecule has 1 aliphatic heterocycles. The molecule has 2 heterocycles. The first-order chi connectivity index (χ1) is 8.86. The molecule has 0 fully saturated rings. The standard InChI is InChI=1S/C17H23N2/c1-9-10(2)15-12(4)13(5)19-8-18(7)14(6)16(11(9)3)17(15)19/h8H2,1-7H3/q+1. The second kappa shape index (κ2) is 3.72. The van der Waals surface area contributed by atoms with Crippen LogP contribution in [0.25, 0.3) is 10.9 Å². The van der Waals surface area contributed by atoms with Gasteiger partial charge in [-0.25, -0.2) is 4.58 Å². The molecule has 0 aliphatic carbocycles. The summed E-state index contributed by atoms with van der Waals surface area (Å²) in [7, 11) is 2.19. The normalized spacial score (nSPS) is 14.7. The first-order valence-corrected chi connectivity index (χ1v) is 7.00. The lowest BCUT2D eigenvalue weighted by Gasteiger charge is -2.20. The Labute approximate surface area is 115 Å².